The lowest BCUT2D eigenvalue weighted by Gasteiger charge is -2.27. The van der Waals surface area contributed by atoms with Gasteiger partial charge in [-0.2, -0.15) is 0 Å². The third-order valence-electron chi connectivity index (χ3n) is 3.86. The number of benzene rings is 1. The van der Waals surface area contributed by atoms with Crippen LogP contribution in [0.3, 0.4) is 0 Å². The van der Waals surface area contributed by atoms with E-state index in [-0.39, 0.29) is 5.54 Å². The third kappa shape index (κ3) is 2.49. The van der Waals surface area contributed by atoms with Gasteiger partial charge in [0.05, 0.1) is 16.6 Å². The molecule has 104 valence electrons. The van der Waals surface area contributed by atoms with E-state index in [0.29, 0.717) is 0 Å². The van der Waals surface area contributed by atoms with Crippen LogP contribution in [0.1, 0.15) is 45.9 Å². The van der Waals surface area contributed by atoms with Gasteiger partial charge in [0.25, 0.3) is 0 Å². The Bertz CT molecular complexity index is 570. The Labute approximate surface area is 119 Å². The molecule has 0 radical (unpaired) electrons. The lowest BCUT2D eigenvalue weighted by molar-refractivity contribution is 0.370. The van der Waals surface area contributed by atoms with Gasteiger partial charge in [-0.15, -0.1) is 0 Å². The van der Waals surface area contributed by atoms with Crippen molar-refractivity contribution in [1.29, 1.82) is 0 Å². The van der Waals surface area contributed by atoms with Crippen molar-refractivity contribution in [2.45, 2.75) is 52.1 Å². The summed E-state index contributed by atoms with van der Waals surface area (Å²) in [6, 6.07) is 5.83. The molecule has 2 rings (SSSR count). The van der Waals surface area contributed by atoms with Gasteiger partial charge in [-0.3, -0.25) is 0 Å². The molecular formula is C15H22ClN3. The zero-order valence-corrected chi connectivity index (χ0v) is 12.7. The number of hydrogen-bond acceptors (Lipinski definition) is 2. The van der Waals surface area contributed by atoms with Crippen LogP contribution < -0.4 is 5.73 Å². The van der Waals surface area contributed by atoms with Gasteiger partial charge in [-0.1, -0.05) is 32.4 Å². The summed E-state index contributed by atoms with van der Waals surface area (Å²) in [6.45, 7) is 7.32. The Balaban J connectivity index is 2.69. The molecule has 19 heavy (non-hydrogen) atoms. The van der Waals surface area contributed by atoms with E-state index in [1.165, 1.54) is 0 Å². The summed E-state index contributed by atoms with van der Waals surface area (Å²) in [6.07, 6.45) is 2.81. The van der Waals surface area contributed by atoms with Crippen LogP contribution >= 0.6 is 11.6 Å². The van der Waals surface area contributed by atoms with E-state index in [1.54, 1.807) is 0 Å². The molecular weight excluding hydrogens is 258 g/mol. The zero-order valence-electron chi connectivity index (χ0n) is 11.9. The van der Waals surface area contributed by atoms with Crippen LogP contribution in [0.25, 0.3) is 11.0 Å². The molecule has 0 saturated heterocycles. The predicted molar refractivity (Wildman–Crippen MR) is 81.5 cm³/mol. The highest BCUT2D eigenvalue weighted by Crippen LogP contribution is 2.30. The number of hydrogen-bond donors (Lipinski definition) is 1. The number of nitrogens with zero attached hydrogens (tertiary/aromatic N) is 2. The van der Waals surface area contributed by atoms with E-state index in [4.69, 9.17) is 22.3 Å². The minimum atomic E-state index is -0.360. The average molecular weight is 280 g/mol. The lowest BCUT2D eigenvalue weighted by Crippen LogP contribution is -2.38. The molecule has 0 bridgehead atoms. The van der Waals surface area contributed by atoms with E-state index < -0.39 is 0 Å². The molecule has 0 aliphatic carbocycles. The Morgan fingerprint density at radius 1 is 1.26 bits per heavy atom. The number of halogens is 1. The molecule has 1 aromatic heterocycles. The second-order valence-electron chi connectivity index (χ2n) is 5.08. The molecule has 1 aromatic carbocycles. The van der Waals surface area contributed by atoms with Gasteiger partial charge < -0.3 is 10.3 Å². The largest absolute Gasteiger partial charge is 0.326 e. The van der Waals surface area contributed by atoms with Crippen molar-refractivity contribution in [2.24, 2.45) is 5.73 Å². The number of fused-ring (bicyclic) bond motifs is 1. The van der Waals surface area contributed by atoms with Crippen molar-refractivity contribution in [1.82, 2.24) is 9.55 Å². The van der Waals surface area contributed by atoms with Crippen molar-refractivity contribution in [3.63, 3.8) is 0 Å². The van der Waals surface area contributed by atoms with Gasteiger partial charge in [0.15, 0.2) is 0 Å². The number of rotatable bonds is 5. The Hall–Kier alpha value is -1.06. The van der Waals surface area contributed by atoms with Gasteiger partial charge in [0, 0.05) is 11.6 Å². The second kappa shape index (κ2) is 5.51. The maximum absolute atomic E-state index is 6.53. The van der Waals surface area contributed by atoms with Crippen LogP contribution in [0.5, 0.6) is 0 Å². The van der Waals surface area contributed by atoms with Gasteiger partial charge in [0.2, 0.25) is 0 Å². The first-order valence-electron chi connectivity index (χ1n) is 7.00. The summed E-state index contributed by atoms with van der Waals surface area (Å²) >= 11 is 6.11. The summed E-state index contributed by atoms with van der Waals surface area (Å²) in [5.41, 5.74) is 8.23. The molecule has 0 amide bonds. The van der Waals surface area contributed by atoms with Crippen LogP contribution in [0.15, 0.2) is 18.2 Å². The quantitative estimate of drug-likeness (QED) is 0.896. The van der Waals surface area contributed by atoms with E-state index in [9.17, 15) is 0 Å². The van der Waals surface area contributed by atoms with E-state index >= 15 is 0 Å². The van der Waals surface area contributed by atoms with E-state index in [1.807, 2.05) is 18.2 Å². The van der Waals surface area contributed by atoms with Crippen molar-refractivity contribution in [3.05, 3.63) is 29.0 Å². The smallest absolute Gasteiger partial charge is 0.130 e. The maximum Gasteiger partial charge on any atom is 0.130 e. The van der Waals surface area contributed by atoms with Crippen LogP contribution in [-0.4, -0.2) is 9.55 Å². The highest BCUT2D eigenvalue weighted by molar-refractivity contribution is 6.31. The van der Waals surface area contributed by atoms with Gasteiger partial charge in [-0.05, 0) is 37.5 Å². The molecule has 1 heterocycles. The van der Waals surface area contributed by atoms with Gasteiger partial charge in [-0.25, -0.2) is 4.98 Å². The highest BCUT2D eigenvalue weighted by atomic mass is 35.5. The number of aryl methyl sites for hydroxylation is 1. The SMILES string of the molecule is CCCn1c(C(N)(CC)CC)nc2ccc(Cl)cc21. The molecule has 0 saturated carbocycles. The molecule has 4 heteroatoms. The average Bonchev–Trinajstić information content (AvgIpc) is 2.77. The van der Waals surface area contributed by atoms with Crippen molar-refractivity contribution in [2.75, 3.05) is 0 Å². The van der Waals surface area contributed by atoms with Crippen LogP contribution in [0.4, 0.5) is 0 Å². The summed E-state index contributed by atoms with van der Waals surface area (Å²) < 4.78 is 2.23. The zero-order chi connectivity index (χ0) is 14.0. The number of imidazole rings is 1. The minimum Gasteiger partial charge on any atom is -0.326 e. The third-order valence-corrected chi connectivity index (χ3v) is 4.10. The molecule has 2 N–H and O–H groups in total. The van der Waals surface area contributed by atoms with Crippen LogP contribution in [-0.2, 0) is 12.1 Å². The fourth-order valence-electron chi connectivity index (χ4n) is 2.49. The number of aromatic nitrogens is 2. The normalized spacial score (nSPS) is 12.3. The predicted octanol–water partition coefficient (Wildman–Crippen LogP) is 4.07. The maximum atomic E-state index is 6.53. The van der Waals surface area contributed by atoms with Crippen LogP contribution in [0.2, 0.25) is 5.02 Å². The standard InChI is InChI=1S/C15H22ClN3/c1-4-9-19-13-10-11(16)7-8-12(13)18-14(19)15(17,5-2)6-3/h7-8,10H,4-6,9,17H2,1-3H3. The fraction of sp³-hybridized carbons (Fsp3) is 0.533. The minimum absolute atomic E-state index is 0.360. The second-order valence-corrected chi connectivity index (χ2v) is 5.52. The molecule has 0 atom stereocenters. The molecule has 3 nitrogen and oxygen atoms in total. The molecule has 0 spiro atoms. The summed E-state index contributed by atoms with van der Waals surface area (Å²) in [7, 11) is 0. The van der Waals surface area contributed by atoms with E-state index in [2.05, 4.69) is 25.3 Å². The summed E-state index contributed by atoms with van der Waals surface area (Å²) in [5, 5.41) is 0.743. The molecule has 0 fully saturated rings. The fourth-order valence-corrected chi connectivity index (χ4v) is 2.66. The first-order chi connectivity index (χ1) is 9.05. The van der Waals surface area contributed by atoms with E-state index in [0.717, 1.165) is 47.7 Å². The lowest BCUT2D eigenvalue weighted by atomic mass is 9.93. The molecule has 0 aliphatic heterocycles. The molecule has 2 aromatic rings. The summed E-state index contributed by atoms with van der Waals surface area (Å²) in [4.78, 5) is 4.77. The monoisotopic (exact) mass is 279 g/mol. The Morgan fingerprint density at radius 2 is 1.95 bits per heavy atom. The molecule has 0 aliphatic rings. The van der Waals surface area contributed by atoms with Crippen LogP contribution in [0, 0.1) is 0 Å². The van der Waals surface area contributed by atoms with Crippen molar-refractivity contribution in [3.8, 4) is 0 Å². The number of nitrogens with two attached hydrogens (primary N) is 1. The van der Waals surface area contributed by atoms with Crippen molar-refractivity contribution < 1.29 is 0 Å². The highest BCUT2D eigenvalue weighted by Gasteiger charge is 2.29. The Morgan fingerprint density at radius 3 is 2.53 bits per heavy atom. The van der Waals surface area contributed by atoms with Crippen molar-refractivity contribution >= 4 is 22.6 Å². The van der Waals surface area contributed by atoms with Gasteiger partial charge in [0.1, 0.15) is 5.82 Å². The molecule has 0 unspecified atom stereocenters. The Kier molecular flexibility index (Phi) is 4.16. The topological polar surface area (TPSA) is 43.8 Å². The summed E-state index contributed by atoms with van der Waals surface area (Å²) in [5.74, 6) is 0.983. The first kappa shape index (κ1) is 14.4. The van der Waals surface area contributed by atoms with Gasteiger partial charge >= 0.3 is 0 Å². The first-order valence-corrected chi connectivity index (χ1v) is 7.38.